The lowest BCUT2D eigenvalue weighted by Crippen LogP contribution is -2.31. The second-order valence-electron chi connectivity index (χ2n) is 6.90. The van der Waals surface area contributed by atoms with Crippen LogP contribution in [0.25, 0.3) is 0 Å². The van der Waals surface area contributed by atoms with E-state index in [4.69, 9.17) is 9.47 Å². The summed E-state index contributed by atoms with van der Waals surface area (Å²) in [6.07, 6.45) is -0.399. The van der Waals surface area contributed by atoms with Crippen molar-refractivity contribution < 1.29 is 23.9 Å². The van der Waals surface area contributed by atoms with Crippen molar-refractivity contribution in [3.05, 3.63) is 60.2 Å². The average Bonchev–Trinajstić information content (AvgIpc) is 3.14. The Labute approximate surface area is 170 Å². The molecule has 3 rings (SSSR count). The molecule has 152 valence electrons. The van der Waals surface area contributed by atoms with Gasteiger partial charge in [-0.25, -0.2) is 0 Å². The van der Waals surface area contributed by atoms with Crippen molar-refractivity contribution in [1.29, 1.82) is 0 Å². The lowest BCUT2D eigenvalue weighted by atomic mass is 10.0. The second-order valence-corrected chi connectivity index (χ2v) is 6.90. The first-order chi connectivity index (χ1) is 14.0. The van der Waals surface area contributed by atoms with Crippen LogP contribution in [-0.4, -0.2) is 36.9 Å². The number of hydrogen-bond donors (Lipinski definition) is 0. The Hall–Kier alpha value is -3.15. The van der Waals surface area contributed by atoms with Crippen molar-refractivity contribution >= 4 is 23.3 Å². The van der Waals surface area contributed by atoms with E-state index < -0.39 is 18.0 Å². The molecule has 0 unspecified atom stereocenters. The highest BCUT2D eigenvalue weighted by Crippen LogP contribution is 2.28. The zero-order valence-corrected chi connectivity index (χ0v) is 16.7. The van der Waals surface area contributed by atoms with E-state index in [2.05, 4.69) is 0 Å². The number of ketones is 1. The summed E-state index contributed by atoms with van der Waals surface area (Å²) in [5, 5.41) is 0. The summed E-state index contributed by atoms with van der Waals surface area (Å²) in [7, 11) is 0. The molecule has 2 aromatic rings. The van der Waals surface area contributed by atoms with Crippen LogP contribution in [0.5, 0.6) is 5.75 Å². The molecule has 0 bridgehead atoms. The van der Waals surface area contributed by atoms with Crippen LogP contribution >= 0.6 is 0 Å². The van der Waals surface area contributed by atoms with Gasteiger partial charge in [0.15, 0.2) is 6.10 Å². The van der Waals surface area contributed by atoms with Crippen molar-refractivity contribution in [3.63, 3.8) is 0 Å². The molecule has 1 aliphatic heterocycles. The summed E-state index contributed by atoms with van der Waals surface area (Å²) in [6, 6.07) is 15.9. The number of carbonyl (C=O) groups excluding carboxylic acids is 3. The third kappa shape index (κ3) is 4.83. The van der Waals surface area contributed by atoms with Gasteiger partial charge < -0.3 is 14.4 Å². The van der Waals surface area contributed by atoms with Crippen molar-refractivity contribution in [2.45, 2.75) is 32.8 Å². The molecule has 0 radical (unpaired) electrons. The maximum absolute atomic E-state index is 12.6. The Morgan fingerprint density at radius 2 is 1.76 bits per heavy atom. The molecule has 1 saturated heterocycles. The van der Waals surface area contributed by atoms with Gasteiger partial charge in [-0.15, -0.1) is 0 Å². The van der Waals surface area contributed by atoms with E-state index in [9.17, 15) is 14.4 Å². The van der Waals surface area contributed by atoms with E-state index in [1.54, 1.807) is 60.4 Å². The predicted molar refractivity (Wildman–Crippen MR) is 109 cm³/mol. The van der Waals surface area contributed by atoms with Gasteiger partial charge in [0.2, 0.25) is 11.7 Å². The molecule has 0 aromatic heterocycles. The summed E-state index contributed by atoms with van der Waals surface area (Å²) < 4.78 is 10.9. The van der Waals surface area contributed by atoms with Gasteiger partial charge in [0.1, 0.15) is 5.75 Å². The fourth-order valence-corrected chi connectivity index (χ4v) is 3.35. The lowest BCUT2D eigenvalue weighted by molar-refractivity contribution is -0.151. The Kier molecular flexibility index (Phi) is 6.65. The fraction of sp³-hybridized carbons (Fsp3) is 0.348. The highest BCUT2D eigenvalue weighted by atomic mass is 16.5. The quantitative estimate of drug-likeness (QED) is 0.504. The molecule has 0 aliphatic carbocycles. The first kappa shape index (κ1) is 20.6. The van der Waals surface area contributed by atoms with Gasteiger partial charge in [-0.05, 0) is 37.6 Å². The van der Waals surface area contributed by atoms with E-state index in [0.717, 1.165) is 5.75 Å². The zero-order valence-electron chi connectivity index (χ0n) is 16.7. The normalized spacial score (nSPS) is 17.1. The van der Waals surface area contributed by atoms with Crippen LogP contribution in [0.1, 0.15) is 37.0 Å². The van der Waals surface area contributed by atoms with E-state index in [0.29, 0.717) is 24.3 Å². The smallest absolute Gasteiger partial charge is 0.312 e. The maximum Gasteiger partial charge on any atom is 0.312 e. The lowest BCUT2D eigenvalue weighted by Gasteiger charge is -2.19. The minimum Gasteiger partial charge on any atom is -0.494 e. The number of hydrogen-bond acceptors (Lipinski definition) is 5. The molecule has 0 spiro atoms. The van der Waals surface area contributed by atoms with Crippen molar-refractivity contribution in [3.8, 4) is 5.75 Å². The van der Waals surface area contributed by atoms with Crippen LogP contribution in [0.4, 0.5) is 5.69 Å². The molecule has 6 nitrogen and oxygen atoms in total. The third-order valence-corrected chi connectivity index (χ3v) is 4.90. The van der Waals surface area contributed by atoms with Crippen molar-refractivity contribution in [1.82, 2.24) is 0 Å². The first-order valence-corrected chi connectivity index (χ1v) is 9.86. The van der Waals surface area contributed by atoms with Gasteiger partial charge in [0.05, 0.1) is 12.5 Å². The number of rotatable bonds is 8. The second kappa shape index (κ2) is 9.37. The highest BCUT2D eigenvalue weighted by molar-refractivity contribution is 6.02. The number of nitrogens with zero attached hydrogens (tertiary/aromatic N) is 1. The molecule has 0 saturated carbocycles. The topological polar surface area (TPSA) is 72.9 Å². The van der Waals surface area contributed by atoms with E-state index >= 15 is 0 Å². The fourth-order valence-electron chi connectivity index (χ4n) is 3.35. The number of ether oxygens (including phenoxy) is 2. The highest BCUT2D eigenvalue weighted by Gasteiger charge is 2.37. The van der Waals surface area contributed by atoms with Gasteiger partial charge in [0.25, 0.3) is 0 Å². The van der Waals surface area contributed by atoms with Gasteiger partial charge in [0, 0.05) is 24.2 Å². The van der Waals surface area contributed by atoms with Crippen LogP contribution in [-0.2, 0) is 14.3 Å². The minimum absolute atomic E-state index is 0.0714. The Morgan fingerprint density at radius 3 is 2.38 bits per heavy atom. The zero-order chi connectivity index (χ0) is 20.8. The Balaban J connectivity index is 1.64. The average molecular weight is 395 g/mol. The number of carbonyl (C=O) groups is 3. The molecule has 6 heteroatoms. The number of esters is 1. The Bertz CT molecular complexity index is 863. The van der Waals surface area contributed by atoms with Gasteiger partial charge in [-0.2, -0.15) is 0 Å². The summed E-state index contributed by atoms with van der Waals surface area (Å²) in [5.41, 5.74) is 1.21. The van der Waals surface area contributed by atoms with Crippen molar-refractivity contribution in [2.75, 3.05) is 18.1 Å². The van der Waals surface area contributed by atoms with Crippen LogP contribution in [0.15, 0.2) is 54.6 Å². The number of anilines is 1. The first-order valence-electron chi connectivity index (χ1n) is 9.86. The molecular formula is C23H25NO5. The van der Waals surface area contributed by atoms with Gasteiger partial charge >= 0.3 is 5.97 Å². The summed E-state index contributed by atoms with van der Waals surface area (Å²) in [5.74, 6) is -0.744. The van der Waals surface area contributed by atoms with E-state index in [1.165, 1.54) is 0 Å². The molecule has 2 atom stereocenters. The molecule has 0 N–H and O–H groups in total. The molecular weight excluding hydrogens is 370 g/mol. The van der Waals surface area contributed by atoms with Gasteiger partial charge in [-0.3, -0.25) is 14.4 Å². The number of benzene rings is 2. The summed E-state index contributed by atoms with van der Waals surface area (Å²) in [4.78, 5) is 39.2. The maximum atomic E-state index is 12.6. The van der Waals surface area contributed by atoms with Crippen LogP contribution in [0.3, 0.4) is 0 Å². The summed E-state index contributed by atoms with van der Waals surface area (Å²) >= 11 is 0. The largest absolute Gasteiger partial charge is 0.494 e. The number of amides is 1. The van der Waals surface area contributed by atoms with Crippen molar-refractivity contribution in [2.24, 2.45) is 5.92 Å². The van der Waals surface area contributed by atoms with Crippen LogP contribution in [0, 0.1) is 5.92 Å². The number of Topliss-reactive ketones (excluding diaryl/α,β-unsaturated/α-hetero) is 1. The molecule has 1 aliphatic rings. The standard InChI is InChI=1S/C23H25NO5/c1-3-20(22(26)16-8-6-5-7-9-16)29-23(27)17-14-21(25)24(15-17)18-10-12-19(13-11-18)28-4-2/h5-13,17,20H,3-4,14-15H2,1-2H3/t17-,20-/m0/s1. The van der Waals surface area contributed by atoms with E-state index in [-0.39, 0.29) is 24.7 Å². The molecule has 1 fully saturated rings. The van der Waals surface area contributed by atoms with E-state index in [1.807, 2.05) is 13.0 Å². The molecule has 1 heterocycles. The van der Waals surface area contributed by atoms with Crippen LogP contribution < -0.4 is 9.64 Å². The van der Waals surface area contributed by atoms with Crippen LogP contribution in [0.2, 0.25) is 0 Å². The molecule has 2 aromatic carbocycles. The Morgan fingerprint density at radius 1 is 1.07 bits per heavy atom. The SMILES string of the molecule is CCOc1ccc(N2C[C@@H](C(=O)O[C@@H](CC)C(=O)c3ccccc3)CC2=O)cc1. The monoisotopic (exact) mass is 395 g/mol. The third-order valence-electron chi connectivity index (χ3n) is 4.90. The summed E-state index contributed by atoms with van der Waals surface area (Å²) in [6.45, 7) is 4.50. The molecule has 1 amide bonds. The minimum atomic E-state index is -0.848. The predicted octanol–water partition coefficient (Wildman–Crippen LogP) is 3.64. The van der Waals surface area contributed by atoms with Gasteiger partial charge in [-0.1, -0.05) is 37.3 Å². The molecule has 29 heavy (non-hydrogen) atoms.